The fourth-order valence-corrected chi connectivity index (χ4v) is 2.15. The molecule has 0 atom stereocenters. The van der Waals surface area contributed by atoms with Gasteiger partial charge in [0.25, 0.3) is 0 Å². The van der Waals surface area contributed by atoms with Crippen molar-refractivity contribution >= 4 is 27.5 Å². The number of nitrogens with two attached hydrogens (primary N) is 1. The number of hydrogen-bond donors (Lipinski definition) is 2. The summed E-state index contributed by atoms with van der Waals surface area (Å²) in [5.41, 5.74) is 2.45. The van der Waals surface area contributed by atoms with Gasteiger partial charge in [-0.15, -0.1) is 11.3 Å². The number of rotatable bonds is 5. The number of nitrogens with one attached hydrogen (secondary N) is 1. The summed E-state index contributed by atoms with van der Waals surface area (Å²) >= 11 is 1.54. The van der Waals surface area contributed by atoms with Crippen LogP contribution in [0.4, 0.5) is 5.95 Å². The van der Waals surface area contributed by atoms with Crippen LogP contribution in [0.1, 0.15) is 20.3 Å². The van der Waals surface area contributed by atoms with Gasteiger partial charge < -0.3 is 4.74 Å². The van der Waals surface area contributed by atoms with Crippen molar-refractivity contribution in [2.75, 3.05) is 12.0 Å². The number of hydrogen-bond acceptors (Lipinski definition) is 6. The van der Waals surface area contributed by atoms with E-state index < -0.39 is 0 Å². The average Bonchev–Trinajstić information content (AvgIpc) is 2.76. The molecule has 0 unspecified atom stereocenters. The third-order valence-electron chi connectivity index (χ3n) is 2.35. The van der Waals surface area contributed by atoms with Crippen LogP contribution in [-0.4, -0.2) is 16.6 Å². The standard InChI is InChI=1S/C11H16N4OS/c1-7(2)3-5-16-9-8-4-6-17-10(8)14-11(13-9)15-12/h4,6-7H,3,5,12H2,1-2H3,(H,13,14,15). The zero-order valence-corrected chi connectivity index (χ0v) is 10.8. The Kier molecular flexibility index (Phi) is 3.75. The third-order valence-corrected chi connectivity index (χ3v) is 3.16. The van der Waals surface area contributed by atoms with E-state index in [9.17, 15) is 0 Å². The molecule has 5 nitrogen and oxygen atoms in total. The molecule has 0 saturated heterocycles. The summed E-state index contributed by atoms with van der Waals surface area (Å²) < 4.78 is 5.69. The Hall–Kier alpha value is -1.40. The number of nitrogens with zero attached hydrogens (tertiary/aromatic N) is 2. The molecule has 0 aliphatic rings. The van der Waals surface area contributed by atoms with Gasteiger partial charge in [0.2, 0.25) is 11.8 Å². The molecule has 3 N–H and O–H groups in total. The molecule has 0 saturated carbocycles. The molecule has 2 aromatic heterocycles. The van der Waals surface area contributed by atoms with Crippen LogP contribution in [0.2, 0.25) is 0 Å². The molecule has 0 bridgehead atoms. The molecule has 17 heavy (non-hydrogen) atoms. The van der Waals surface area contributed by atoms with Gasteiger partial charge in [-0.2, -0.15) is 4.98 Å². The largest absolute Gasteiger partial charge is 0.477 e. The summed E-state index contributed by atoms with van der Waals surface area (Å²) in [6, 6.07) is 1.96. The Bertz CT molecular complexity index is 497. The Morgan fingerprint density at radius 3 is 3.00 bits per heavy atom. The Morgan fingerprint density at radius 2 is 2.29 bits per heavy atom. The van der Waals surface area contributed by atoms with Crippen LogP contribution in [0.15, 0.2) is 11.4 Å². The molecule has 0 amide bonds. The second-order valence-electron chi connectivity index (χ2n) is 4.17. The highest BCUT2D eigenvalue weighted by molar-refractivity contribution is 7.16. The van der Waals surface area contributed by atoms with Gasteiger partial charge >= 0.3 is 0 Å². The van der Waals surface area contributed by atoms with Gasteiger partial charge in [-0.1, -0.05) is 13.8 Å². The molecule has 92 valence electrons. The fourth-order valence-electron chi connectivity index (χ4n) is 1.39. The maximum atomic E-state index is 5.69. The van der Waals surface area contributed by atoms with Crippen LogP contribution >= 0.6 is 11.3 Å². The Balaban J connectivity index is 2.21. The number of aromatic nitrogens is 2. The zero-order valence-electron chi connectivity index (χ0n) is 9.93. The van der Waals surface area contributed by atoms with Gasteiger partial charge in [0.15, 0.2) is 0 Å². The van der Waals surface area contributed by atoms with Crippen molar-refractivity contribution in [1.29, 1.82) is 0 Å². The van der Waals surface area contributed by atoms with E-state index in [-0.39, 0.29) is 0 Å². The van der Waals surface area contributed by atoms with Crippen molar-refractivity contribution in [3.8, 4) is 5.88 Å². The van der Waals surface area contributed by atoms with E-state index in [1.165, 1.54) is 0 Å². The second-order valence-corrected chi connectivity index (χ2v) is 5.06. The van der Waals surface area contributed by atoms with Crippen molar-refractivity contribution < 1.29 is 4.74 Å². The predicted octanol–water partition coefficient (Wildman–Crippen LogP) is 2.40. The lowest BCUT2D eigenvalue weighted by atomic mass is 10.1. The van der Waals surface area contributed by atoms with E-state index in [2.05, 4.69) is 29.2 Å². The molecular formula is C11H16N4OS. The molecule has 0 spiro atoms. The lowest BCUT2D eigenvalue weighted by molar-refractivity contribution is 0.283. The molecule has 6 heteroatoms. The highest BCUT2D eigenvalue weighted by atomic mass is 32.1. The molecule has 2 rings (SSSR count). The van der Waals surface area contributed by atoms with E-state index in [1.807, 2.05) is 11.4 Å². The summed E-state index contributed by atoms with van der Waals surface area (Å²) in [7, 11) is 0. The summed E-state index contributed by atoms with van der Waals surface area (Å²) in [5.74, 6) is 6.93. The predicted molar refractivity (Wildman–Crippen MR) is 70.2 cm³/mol. The van der Waals surface area contributed by atoms with Crippen molar-refractivity contribution in [3.63, 3.8) is 0 Å². The van der Waals surface area contributed by atoms with Crippen LogP contribution in [0, 0.1) is 5.92 Å². The van der Waals surface area contributed by atoms with Crippen LogP contribution in [0.25, 0.3) is 10.2 Å². The SMILES string of the molecule is CC(C)CCOc1nc(NN)nc2sccc12. The second kappa shape index (κ2) is 5.29. The first kappa shape index (κ1) is 12.1. The lowest BCUT2D eigenvalue weighted by Gasteiger charge is -2.09. The highest BCUT2D eigenvalue weighted by Gasteiger charge is 2.09. The molecule has 0 aliphatic heterocycles. The van der Waals surface area contributed by atoms with Gasteiger partial charge in [-0.25, -0.2) is 10.8 Å². The first-order chi connectivity index (χ1) is 8.20. The fraction of sp³-hybridized carbons (Fsp3) is 0.455. The summed E-state index contributed by atoms with van der Waals surface area (Å²) in [6.45, 7) is 4.98. The van der Waals surface area contributed by atoms with Gasteiger partial charge in [-0.05, 0) is 23.8 Å². The summed E-state index contributed by atoms with van der Waals surface area (Å²) in [5, 5.41) is 2.91. The summed E-state index contributed by atoms with van der Waals surface area (Å²) in [6.07, 6.45) is 1.00. The molecule has 2 aromatic rings. The van der Waals surface area contributed by atoms with Gasteiger partial charge in [0.1, 0.15) is 4.83 Å². The molecular weight excluding hydrogens is 236 g/mol. The van der Waals surface area contributed by atoms with Gasteiger partial charge in [-0.3, -0.25) is 5.43 Å². The molecule has 0 aliphatic carbocycles. The first-order valence-corrected chi connectivity index (χ1v) is 6.43. The van der Waals surface area contributed by atoms with Crippen molar-refractivity contribution in [3.05, 3.63) is 11.4 Å². The molecule has 2 heterocycles. The quantitative estimate of drug-likeness (QED) is 0.631. The van der Waals surface area contributed by atoms with Crippen LogP contribution in [-0.2, 0) is 0 Å². The Morgan fingerprint density at radius 1 is 1.47 bits per heavy atom. The number of nitrogen functional groups attached to an aromatic ring is 1. The smallest absolute Gasteiger partial charge is 0.241 e. The monoisotopic (exact) mass is 252 g/mol. The van der Waals surface area contributed by atoms with E-state index in [4.69, 9.17) is 10.6 Å². The van der Waals surface area contributed by atoms with Gasteiger partial charge in [0, 0.05) is 0 Å². The number of hydrazine groups is 1. The minimum Gasteiger partial charge on any atom is -0.477 e. The van der Waals surface area contributed by atoms with E-state index in [0.29, 0.717) is 24.4 Å². The minimum atomic E-state index is 0.388. The maximum absolute atomic E-state index is 5.69. The highest BCUT2D eigenvalue weighted by Crippen LogP contribution is 2.28. The van der Waals surface area contributed by atoms with Crippen molar-refractivity contribution in [1.82, 2.24) is 9.97 Å². The topological polar surface area (TPSA) is 73.1 Å². The molecule has 0 fully saturated rings. The van der Waals surface area contributed by atoms with Crippen LogP contribution in [0.5, 0.6) is 5.88 Å². The average molecular weight is 252 g/mol. The minimum absolute atomic E-state index is 0.388. The van der Waals surface area contributed by atoms with E-state index in [0.717, 1.165) is 16.6 Å². The van der Waals surface area contributed by atoms with Crippen LogP contribution in [0.3, 0.4) is 0 Å². The van der Waals surface area contributed by atoms with Crippen molar-refractivity contribution in [2.45, 2.75) is 20.3 Å². The summed E-state index contributed by atoms with van der Waals surface area (Å²) in [4.78, 5) is 9.36. The maximum Gasteiger partial charge on any atom is 0.241 e. The zero-order chi connectivity index (χ0) is 12.3. The number of ether oxygens (including phenoxy) is 1. The van der Waals surface area contributed by atoms with E-state index in [1.54, 1.807) is 11.3 Å². The number of thiophene rings is 1. The van der Waals surface area contributed by atoms with Crippen LogP contribution < -0.4 is 16.0 Å². The Labute approximate surface area is 104 Å². The first-order valence-electron chi connectivity index (χ1n) is 5.55. The third kappa shape index (κ3) is 2.83. The molecule has 0 radical (unpaired) electrons. The number of anilines is 1. The lowest BCUT2D eigenvalue weighted by Crippen LogP contribution is -2.11. The normalized spacial score (nSPS) is 11.1. The van der Waals surface area contributed by atoms with Crippen molar-refractivity contribution in [2.24, 2.45) is 11.8 Å². The van der Waals surface area contributed by atoms with E-state index >= 15 is 0 Å². The molecule has 0 aromatic carbocycles. The van der Waals surface area contributed by atoms with Gasteiger partial charge in [0.05, 0.1) is 12.0 Å². The number of fused-ring (bicyclic) bond motifs is 1.